The van der Waals surface area contributed by atoms with Crippen LogP contribution in [0.3, 0.4) is 0 Å². The minimum absolute atomic E-state index is 0.00354. The van der Waals surface area contributed by atoms with Crippen molar-refractivity contribution >= 4 is 11.8 Å². The first kappa shape index (κ1) is 10.5. The van der Waals surface area contributed by atoms with Gasteiger partial charge in [-0.3, -0.25) is 0 Å². The largest absolute Gasteiger partial charge is 0.349 e. The van der Waals surface area contributed by atoms with Gasteiger partial charge in [-0.15, -0.1) is 11.8 Å². The van der Waals surface area contributed by atoms with Crippen LogP contribution >= 0.6 is 11.8 Å². The molecule has 17 heavy (non-hydrogen) atoms. The Kier molecular flexibility index (Phi) is 2.03. The molecule has 2 aliphatic heterocycles. The summed E-state index contributed by atoms with van der Waals surface area (Å²) < 4.78 is 6.65. The third-order valence-electron chi connectivity index (χ3n) is 4.79. The van der Waals surface area contributed by atoms with Gasteiger partial charge in [-0.25, -0.2) is 0 Å². The van der Waals surface area contributed by atoms with Crippen molar-refractivity contribution < 1.29 is 4.74 Å². The van der Waals surface area contributed by atoms with Gasteiger partial charge in [-0.05, 0) is 42.9 Å². The van der Waals surface area contributed by atoms with Crippen molar-refractivity contribution in [2.45, 2.75) is 43.1 Å². The second-order valence-corrected chi connectivity index (χ2v) is 7.04. The summed E-state index contributed by atoms with van der Waals surface area (Å²) in [5.74, 6) is 1.91. The topological polar surface area (TPSA) is 9.23 Å². The highest BCUT2D eigenvalue weighted by atomic mass is 32.2. The third kappa shape index (κ3) is 1.11. The summed E-state index contributed by atoms with van der Waals surface area (Å²) in [4.78, 5) is -0.00354. The van der Waals surface area contributed by atoms with E-state index in [1.807, 2.05) is 11.8 Å². The van der Waals surface area contributed by atoms with Crippen LogP contribution in [0, 0.1) is 5.92 Å². The van der Waals surface area contributed by atoms with E-state index in [4.69, 9.17) is 4.74 Å². The van der Waals surface area contributed by atoms with E-state index in [0.717, 1.165) is 11.7 Å². The number of ether oxygens (including phenoxy) is 1. The number of rotatable bonds is 2. The molecule has 0 N–H and O–H groups in total. The van der Waals surface area contributed by atoms with E-state index in [-0.39, 0.29) is 10.5 Å². The van der Waals surface area contributed by atoms with Crippen molar-refractivity contribution in [3.05, 3.63) is 35.4 Å². The third-order valence-corrected chi connectivity index (χ3v) is 6.02. The summed E-state index contributed by atoms with van der Waals surface area (Å²) in [7, 11) is 0. The molecule has 2 fully saturated rings. The summed E-state index contributed by atoms with van der Waals surface area (Å²) in [6.45, 7) is 2.24. The van der Waals surface area contributed by atoms with Gasteiger partial charge in [0.2, 0.25) is 0 Å². The molecule has 1 saturated carbocycles. The van der Waals surface area contributed by atoms with E-state index in [1.54, 1.807) is 0 Å². The molecule has 3 atom stereocenters. The van der Waals surface area contributed by atoms with Gasteiger partial charge in [0, 0.05) is 5.56 Å². The Morgan fingerprint density at radius 3 is 3.00 bits per heavy atom. The number of thioether (sulfide) groups is 1. The molecular formula is C15H18OS. The monoisotopic (exact) mass is 246 g/mol. The van der Waals surface area contributed by atoms with Crippen molar-refractivity contribution in [2.75, 3.05) is 5.75 Å². The van der Waals surface area contributed by atoms with Crippen LogP contribution in [-0.4, -0.2) is 5.75 Å². The van der Waals surface area contributed by atoms with Crippen LogP contribution in [-0.2, 0) is 15.3 Å². The lowest BCUT2D eigenvalue weighted by Crippen LogP contribution is -2.26. The van der Waals surface area contributed by atoms with Crippen LogP contribution in [0.25, 0.3) is 0 Å². The zero-order chi connectivity index (χ0) is 11.5. The van der Waals surface area contributed by atoms with Gasteiger partial charge in [0.25, 0.3) is 0 Å². The molecule has 0 aromatic heterocycles. The fourth-order valence-electron chi connectivity index (χ4n) is 4.27. The van der Waals surface area contributed by atoms with E-state index in [0.29, 0.717) is 0 Å². The highest BCUT2D eigenvalue weighted by Gasteiger charge is 2.65. The minimum Gasteiger partial charge on any atom is -0.349 e. The predicted molar refractivity (Wildman–Crippen MR) is 71.0 cm³/mol. The first-order valence-electron chi connectivity index (χ1n) is 6.75. The van der Waals surface area contributed by atoms with Crippen molar-refractivity contribution in [3.63, 3.8) is 0 Å². The molecule has 2 heteroatoms. The smallest absolute Gasteiger partial charge is 0.141 e. The molecule has 0 amide bonds. The van der Waals surface area contributed by atoms with Crippen molar-refractivity contribution in [1.82, 2.24) is 0 Å². The van der Waals surface area contributed by atoms with Crippen molar-refractivity contribution in [2.24, 2.45) is 5.92 Å². The summed E-state index contributed by atoms with van der Waals surface area (Å²) in [6.07, 6.45) is 5.18. The van der Waals surface area contributed by atoms with Crippen molar-refractivity contribution in [1.29, 1.82) is 0 Å². The van der Waals surface area contributed by atoms with Crippen LogP contribution in [0.15, 0.2) is 24.3 Å². The Balaban J connectivity index is 1.92. The zero-order valence-electron chi connectivity index (χ0n) is 10.2. The molecule has 3 aliphatic rings. The maximum Gasteiger partial charge on any atom is 0.141 e. The average molecular weight is 246 g/mol. The molecule has 2 heterocycles. The normalized spacial score (nSPS) is 41.6. The van der Waals surface area contributed by atoms with E-state index >= 15 is 0 Å². The Hall–Kier alpha value is -0.470. The molecule has 1 aromatic rings. The molecule has 90 valence electrons. The van der Waals surface area contributed by atoms with Gasteiger partial charge >= 0.3 is 0 Å². The van der Waals surface area contributed by atoms with Gasteiger partial charge < -0.3 is 4.74 Å². The van der Waals surface area contributed by atoms with Crippen molar-refractivity contribution in [3.8, 4) is 0 Å². The highest BCUT2D eigenvalue weighted by molar-refractivity contribution is 8.00. The van der Waals surface area contributed by atoms with E-state index < -0.39 is 0 Å². The molecule has 1 unspecified atom stereocenters. The highest BCUT2D eigenvalue weighted by Crippen LogP contribution is 2.69. The average Bonchev–Trinajstić information content (AvgIpc) is 2.93. The molecule has 1 aliphatic carbocycles. The van der Waals surface area contributed by atoms with Crippen LogP contribution in [0.4, 0.5) is 0 Å². The lowest BCUT2D eigenvalue weighted by molar-refractivity contribution is -0.0466. The SMILES string of the molecule is CCS[C@@]12CC3CCC[C@]3(O1)c1ccccc12. The van der Waals surface area contributed by atoms with Crippen LogP contribution < -0.4 is 0 Å². The van der Waals surface area contributed by atoms with E-state index in [2.05, 4.69) is 31.2 Å². The molecule has 2 bridgehead atoms. The van der Waals surface area contributed by atoms with Crippen LogP contribution in [0.2, 0.25) is 0 Å². The second kappa shape index (κ2) is 3.30. The first-order valence-corrected chi connectivity index (χ1v) is 7.73. The number of hydrogen-bond donors (Lipinski definition) is 0. The van der Waals surface area contributed by atoms with Gasteiger partial charge in [0.1, 0.15) is 4.93 Å². The molecule has 0 radical (unpaired) electrons. The van der Waals surface area contributed by atoms with Gasteiger partial charge in [0.15, 0.2) is 0 Å². The number of hydrogen-bond acceptors (Lipinski definition) is 2. The molecule has 1 saturated heterocycles. The molecule has 4 rings (SSSR count). The Bertz CT molecular complexity index is 472. The summed E-state index contributed by atoms with van der Waals surface area (Å²) in [6, 6.07) is 8.95. The van der Waals surface area contributed by atoms with E-state index in [1.165, 1.54) is 36.8 Å². The molecule has 1 aromatic carbocycles. The zero-order valence-corrected chi connectivity index (χ0v) is 11.1. The maximum absolute atomic E-state index is 6.65. The molecule has 1 nitrogen and oxygen atoms in total. The lowest BCUT2D eigenvalue weighted by Gasteiger charge is -2.29. The fraction of sp³-hybridized carbons (Fsp3) is 0.600. The quantitative estimate of drug-likeness (QED) is 0.779. The summed E-state index contributed by atoms with van der Waals surface area (Å²) in [5, 5.41) is 0. The van der Waals surface area contributed by atoms with E-state index in [9.17, 15) is 0 Å². The molecular weight excluding hydrogens is 228 g/mol. The Morgan fingerprint density at radius 1 is 1.35 bits per heavy atom. The standard InChI is InChI=1S/C15H18OS/c1-2-17-15-10-11-6-5-9-14(11,16-15)12-7-3-4-8-13(12)15/h3-4,7-8,11H,2,5-6,9-10H2,1H3/t11?,14-,15-/m1/s1. The first-order chi connectivity index (χ1) is 8.31. The maximum atomic E-state index is 6.65. The molecule has 1 spiro atoms. The number of fused-ring (bicyclic) bond motifs is 3. The summed E-state index contributed by atoms with van der Waals surface area (Å²) >= 11 is 2.00. The predicted octanol–water partition coefficient (Wildman–Crippen LogP) is 4.02. The van der Waals surface area contributed by atoms with Gasteiger partial charge in [-0.1, -0.05) is 31.2 Å². The lowest BCUT2D eigenvalue weighted by atomic mass is 9.76. The summed E-state index contributed by atoms with van der Waals surface area (Å²) in [5.41, 5.74) is 3.08. The fourth-order valence-corrected chi connectivity index (χ4v) is 5.59. The Labute approximate surface area is 107 Å². The van der Waals surface area contributed by atoms with Gasteiger partial charge in [0.05, 0.1) is 5.60 Å². The Morgan fingerprint density at radius 2 is 2.18 bits per heavy atom. The van der Waals surface area contributed by atoms with Crippen LogP contribution in [0.1, 0.15) is 43.7 Å². The van der Waals surface area contributed by atoms with Crippen LogP contribution in [0.5, 0.6) is 0 Å². The van der Waals surface area contributed by atoms with Gasteiger partial charge in [-0.2, -0.15) is 0 Å². The minimum atomic E-state index is -0.00354. The second-order valence-electron chi connectivity index (χ2n) is 5.52. The number of benzene rings is 1.